The molecule has 3 N–H and O–H groups in total. The summed E-state index contributed by atoms with van der Waals surface area (Å²) < 4.78 is 4.93. The topological polar surface area (TPSA) is 53.9 Å². The molecular weight excluding hydrogens is 202 g/mol. The van der Waals surface area contributed by atoms with Crippen molar-refractivity contribution in [2.24, 2.45) is 0 Å². The highest BCUT2D eigenvalue weighted by atomic mass is 16.5. The molecule has 0 aliphatic carbocycles. The van der Waals surface area contributed by atoms with E-state index in [0.29, 0.717) is 13.0 Å². The minimum absolute atomic E-state index is 0.0288. The number of rotatable bonds is 4. The maximum atomic E-state index is 11.4. The van der Waals surface area contributed by atoms with Crippen LogP contribution in [0.5, 0.6) is 0 Å². The average molecular weight is 222 g/mol. The van der Waals surface area contributed by atoms with E-state index in [9.17, 15) is 4.79 Å². The van der Waals surface area contributed by atoms with Crippen LogP contribution in [-0.4, -0.2) is 12.6 Å². The lowest BCUT2D eigenvalue weighted by molar-refractivity contribution is -0.426. The SMILES string of the molecule is CCOC(=O)C[C@@H]([NH3+])c1cccc(C)c1C. The van der Waals surface area contributed by atoms with Crippen LogP contribution in [-0.2, 0) is 9.53 Å². The number of carbonyl (C=O) groups is 1. The van der Waals surface area contributed by atoms with E-state index in [4.69, 9.17) is 4.74 Å². The molecule has 88 valence electrons. The van der Waals surface area contributed by atoms with E-state index in [1.54, 1.807) is 0 Å². The van der Waals surface area contributed by atoms with Crippen LogP contribution in [0.3, 0.4) is 0 Å². The molecule has 0 unspecified atom stereocenters. The van der Waals surface area contributed by atoms with Crippen molar-refractivity contribution in [3.8, 4) is 0 Å². The maximum Gasteiger partial charge on any atom is 0.312 e. The van der Waals surface area contributed by atoms with Crippen molar-refractivity contribution in [2.75, 3.05) is 6.61 Å². The Labute approximate surface area is 96.6 Å². The van der Waals surface area contributed by atoms with E-state index >= 15 is 0 Å². The van der Waals surface area contributed by atoms with E-state index in [-0.39, 0.29) is 12.0 Å². The fourth-order valence-electron chi connectivity index (χ4n) is 1.75. The summed E-state index contributed by atoms with van der Waals surface area (Å²) in [5.74, 6) is -0.177. The third-order valence-electron chi connectivity index (χ3n) is 2.80. The van der Waals surface area contributed by atoms with Crippen LogP contribution in [0.4, 0.5) is 0 Å². The number of hydrogen-bond donors (Lipinski definition) is 1. The second-order valence-electron chi connectivity index (χ2n) is 4.00. The van der Waals surface area contributed by atoms with Gasteiger partial charge in [0.05, 0.1) is 6.61 Å². The minimum Gasteiger partial charge on any atom is -0.466 e. The van der Waals surface area contributed by atoms with Gasteiger partial charge in [0, 0.05) is 5.56 Å². The molecule has 0 saturated carbocycles. The van der Waals surface area contributed by atoms with Crippen LogP contribution in [0.15, 0.2) is 18.2 Å². The lowest BCUT2D eigenvalue weighted by Gasteiger charge is -2.12. The van der Waals surface area contributed by atoms with Crippen molar-refractivity contribution in [3.63, 3.8) is 0 Å². The molecule has 0 heterocycles. The molecule has 16 heavy (non-hydrogen) atoms. The van der Waals surface area contributed by atoms with Crippen LogP contribution in [0.1, 0.15) is 36.1 Å². The number of hydrogen-bond acceptors (Lipinski definition) is 2. The summed E-state index contributed by atoms with van der Waals surface area (Å²) in [5.41, 5.74) is 7.61. The van der Waals surface area contributed by atoms with Crippen LogP contribution < -0.4 is 5.73 Å². The average Bonchev–Trinajstić information content (AvgIpc) is 2.22. The van der Waals surface area contributed by atoms with Crippen LogP contribution in [0.25, 0.3) is 0 Å². The Hall–Kier alpha value is -1.35. The molecule has 0 fully saturated rings. The fourth-order valence-corrected chi connectivity index (χ4v) is 1.75. The molecule has 0 spiro atoms. The monoisotopic (exact) mass is 222 g/mol. The van der Waals surface area contributed by atoms with Crippen molar-refractivity contribution in [1.82, 2.24) is 0 Å². The van der Waals surface area contributed by atoms with Crippen molar-refractivity contribution < 1.29 is 15.3 Å². The zero-order chi connectivity index (χ0) is 12.1. The molecule has 0 saturated heterocycles. The summed E-state index contributed by atoms with van der Waals surface area (Å²) in [6.45, 7) is 6.37. The first kappa shape index (κ1) is 12.7. The molecule has 0 aromatic heterocycles. The largest absolute Gasteiger partial charge is 0.466 e. The van der Waals surface area contributed by atoms with Gasteiger partial charge in [-0.2, -0.15) is 0 Å². The van der Waals surface area contributed by atoms with Gasteiger partial charge >= 0.3 is 5.97 Å². The van der Waals surface area contributed by atoms with Gasteiger partial charge in [-0.1, -0.05) is 18.2 Å². The highest BCUT2D eigenvalue weighted by Gasteiger charge is 2.17. The highest BCUT2D eigenvalue weighted by molar-refractivity contribution is 5.70. The molecule has 0 amide bonds. The molecule has 1 aromatic carbocycles. The molecule has 0 bridgehead atoms. The fraction of sp³-hybridized carbons (Fsp3) is 0.462. The van der Waals surface area contributed by atoms with Gasteiger partial charge in [-0.25, -0.2) is 0 Å². The van der Waals surface area contributed by atoms with Gasteiger partial charge in [0.2, 0.25) is 0 Å². The highest BCUT2D eigenvalue weighted by Crippen LogP contribution is 2.20. The summed E-state index contributed by atoms with van der Waals surface area (Å²) in [6, 6.07) is 6.06. The number of quaternary nitrogens is 1. The Morgan fingerprint density at radius 1 is 1.44 bits per heavy atom. The summed E-state index contributed by atoms with van der Waals surface area (Å²) >= 11 is 0. The predicted molar refractivity (Wildman–Crippen MR) is 62.8 cm³/mol. The van der Waals surface area contributed by atoms with E-state index in [2.05, 4.69) is 25.6 Å². The number of aryl methyl sites for hydroxylation is 1. The van der Waals surface area contributed by atoms with Crippen molar-refractivity contribution >= 4 is 5.97 Å². The summed E-state index contributed by atoms with van der Waals surface area (Å²) in [4.78, 5) is 11.4. The number of esters is 1. The first-order chi connectivity index (χ1) is 7.56. The molecule has 1 rings (SSSR count). The molecule has 3 nitrogen and oxygen atoms in total. The van der Waals surface area contributed by atoms with Crippen LogP contribution in [0.2, 0.25) is 0 Å². The Morgan fingerprint density at radius 3 is 2.75 bits per heavy atom. The quantitative estimate of drug-likeness (QED) is 0.786. The normalized spacial score (nSPS) is 12.2. The Kier molecular flexibility index (Phi) is 4.50. The van der Waals surface area contributed by atoms with Gasteiger partial charge in [0.25, 0.3) is 0 Å². The van der Waals surface area contributed by atoms with E-state index in [1.807, 2.05) is 19.1 Å². The predicted octanol–water partition coefficient (Wildman–Crippen LogP) is 1.54. The van der Waals surface area contributed by atoms with Crippen LogP contribution >= 0.6 is 0 Å². The third-order valence-corrected chi connectivity index (χ3v) is 2.80. The zero-order valence-corrected chi connectivity index (χ0v) is 10.2. The summed E-state index contributed by atoms with van der Waals surface area (Å²) in [6.07, 6.45) is 0.345. The number of benzene rings is 1. The van der Waals surface area contributed by atoms with Gasteiger partial charge < -0.3 is 10.5 Å². The Morgan fingerprint density at radius 2 is 2.12 bits per heavy atom. The number of ether oxygens (including phenoxy) is 1. The number of carbonyl (C=O) groups excluding carboxylic acids is 1. The molecule has 1 atom stereocenters. The second-order valence-corrected chi connectivity index (χ2v) is 4.00. The van der Waals surface area contributed by atoms with Crippen molar-refractivity contribution in [3.05, 3.63) is 34.9 Å². The first-order valence-electron chi connectivity index (χ1n) is 5.61. The molecular formula is C13H20NO2+. The lowest BCUT2D eigenvalue weighted by Crippen LogP contribution is -2.54. The van der Waals surface area contributed by atoms with Gasteiger partial charge in [-0.15, -0.1) is 0 Å². The molecule has 3 heteroatoms. The first-order valence-corrected chi connectivity index (χ1v) is 5.61. The van der Waals surface area contributed by atoms with E-state index in [0.717, 1.165) is 5.56 Å². The third kappa shape index (κ3) is 3.07. The van der Waals surface area contributed by atoms with Crippen molar-refractivity contribution in [1.29, 1.82) is 0 Å². The summed E-state index contributed by atoms with van der Waals surface area (Å²) in [5, 5.41) is 0. The Bertz CT molecular complexity index is 374. The standard InChI is InChI=1S/C13H19NO2/c1-4-16-13(15)8-12(14)11-7-5-6-9(2)10(11)3/h5-7,12H,4,8,14H2,1-3H3/p+1/t12-/m1/s1. The zero-order valence-electron chi connectivity index (χ0n) is 10.2. The van der Waals surface area contributed by atoms with Crippen molar-refractivity contribution in [2.45, 2.75) is 33.2 Å². The lowest BCUT2D eigenvalue weighted by atomic mass is 9.96. The molecule has 0 aliphatic heterocycles. The van der Waals surface area contributed by atoms with E-state index in [1.165, 1.54) is 11.1 Å². The van der Waals surface area contributed by atoms with E-state index < -0.39 is 0 Å². The molecule has 1 aromatic rings. The van der Waals surface area contributed by atoms with Gasteiger partial charge in [-0.05, 0) is 31.9 Å². The van der Waals surface area contributed by atoms with Gasteiger partial charge in [0.15, 0.2) is 0 Å². The molecule has 0 radical (unpaired) electrons. The minimum atomic E-state index is -0.177. The molecule has 0 aliphatic rings. The van der Waals surface area contributed by atoms with Gasteiger partial charge in [0.1, 0.15) is 12.5 Å². The Balaban J connectivity index is 2.76. The maximum absolute atomic E-state index is 11.4. The summed E-state index contributed by atoms with van der Waals surface area (Å²) in [7, 11) is 0. The smallest absolute Gasteiger partial charge is 0.312 e. The van der Waals surface area contributed by atoms with Gasteiger partial charge in [-0.3, -0.25) is 4.79 Å². The van der Waals surface area contributed by atoms with Crippen LogP contribution in [0, 0.1) is 13.8 Å². The second kappa shape index (κ2) is 5.66.